The van der Waals surface area contributed by atoms with E-state index in [-0.39, 0.29) is 11.3 Å². The largest absolute Gasteiger partial charge is 0.480 e. The highest BCUT2D eigenvalue weighted by Crippen LogP contribution is 2.08. The predicted octanol–water partition coefficient (Wildman–Crippen LogP) is -0.221. The van der Waals surface area contributed by atoms with Gasteiger partial charge in [-0.25, -0.2) is 13.4 Å². The summed E-state index contributed by atoms with van der Waals surface area (Å²) >= 11 is 0. The molecule has 0 aliphatic heterocycles. The fourth-order valence-electron chi connectivity index (χ4n) is 1.56. The zero-order chi connectivity index (χ0) is 14.6. The van der Waals surface area contributed by atoms with Crippen LogP contribution in [0, 0.1) is 0 Å². The second kappa shape index (κ2) is 5.80. The number of aromatic amines is 1. The summed E-state index contributed by atoms with van der Waals surface area (Å²) in [6, 6.07) is 1.50. The van der Waals surface area contributed by atoms with Crippen LogP contribution in [0.5, 0.6) is 0 Å². The standard InChI is InChI=1S/C11H12N4O4S/c16-11(17)10(4-8-5-13-7-14-8)15-20(18,19)9-2-1-3-12-6-9/h1-3,5-7,10,15H,4H2,(H,13,14)(H,16,17)/t10-/m1/s1. The Balaban J connectivity index is 2.18. The molecule has 2 rings (SSSR count). The number of sulfonamides is 1. The molecule has 2 aromatic rings. The minimum atomic E-state index is -3.94. The van der Waals surface area contributed by atoms with Crippen molar-refractivity contribution in [3.63, 3.8) is 0 Å². The van der Waals surface area contributed by atoms with Crippen LogP contribution in [0.4, 0.5) is 0 Å². The van der Waals surface area contributed by atoms with Gasteiger partial charge >= 0.3 is 5.97 Å². The first kappa shape index (κ1) is 14.2. The topological polar surface area (TPSA) is 125 Å². The van der Waals surface area contributed by atoms with Crippen LogP contribution in [-0.4, -0.2) is 40.5 Å². The Hall–Kier alpha value is -2.26. The maximum absolute atomic E-state index is 12.0. The van der Waals surface area contributed by atoms with E-state index in [1.54, 1.807) is 0 Å². The fraction of sp³-hybridized carbons (Fsp3) is 0.182. The van der Waals surface area contributed by atoms with Crippen LogP contribution in [0.15, 0.2) is 41.9 Å². The second-order valence-electron chi connectivity index (χ2n) is 3.98. The Labute approximate surface area is 114 Å². The monoisotopic (exact) mass is 296 g/mol. The molecule has 0 saturated carbocycles. The molecular formula is C11H12N4O4S. The van der Waals surface area contributed by atoms with Gasteiger partial charge in [-0.3, -0.25) is 9.78 Å². The number of nitrogens with one attached hydrogen (secondary N) is 2. The van der Waals surface area contributed by atoms with Gasteiger partial charge in [-0.1, -0.05) is 0 Å². The average Bonchev–Trinajstić information content (AvgIpc) is 2.91. The molecule has 2 heterocycles. The summed E-state index contributed by atoms with van der Waals surface area (Å²) in [5.74, 6) is -1.27. The van der Waals surface area contributed by atoms with Crippen LogP contribution in [0.25, 0.3) is 0 Å². The Kier molecular flexibility index (Phi) is 4.11. The number of carbonyl (C=O) groups is 1. The minimum Gasteiger partial charge on any atom is -0.480 e. The van der Waals surface area contributed by atoms with Crippen LogP contribution in [0.3, 0.4) is 0 Å². The lowest BCUT2D eigenvalue weighted by Gasteiger charge is -2.13. The summed E-state index contributed by atoms with van der Waals surface area (Å²) in [7, 11) is -3.94. The van der Waals surface area contributed by atoms with Crippen LogP contribution in [0.1, 0.15) is 5.69 Å². The molecule has 0 spiro atoms. The SMILES string of the molecule is O=C(O)[C@@H](Cc1cnc[nH]1)NS(=O)(=O)c1cccnc1. The normalized spacial score (nSPS) is 13.0. The van der Waals surface area contributed by atoms with Crippen LogP contribution >= 0.6 is 0 Å². The summed E-state index contributed by atoms with van der Waals surface area (Å²) in [4.78, 5) is 21.2. The Bertz CT molecular complexity index is 670. The summed E-state index contributed by atoms with van der Waals surface area (Å²) in [5.41, 5.74) is 0.520. The second-order valence-corrected chi connectivity index (χ2v) is 5.70. The number of H-pyrrole nitrogens is 1. The lowest BCUT2D eigenvalue weighted by molar-refractivity contribution is -0.138. The van der Waals surface area contributed by atoms with E-state index in [1.165, 1.54) is 30.9 Å². The fourth-order valence-corrected chi connectivity index (χ4v) is 2.71. The predicted molar refractivity (Wildman–Crippen MR) is 68.3 cm³/mol. The number of carboxylic acid groups (broad SMARTS) is 1. The molecule has 8 nitrogen and oxygen atoms in total. The van der Waals surface area contributed by atoms with E-state index < -0.39 is 22.0 Å². The number of hydrogen-bond acceptors (Lipinski definition) is 5. The Morgan fingerprint density at radius 2 is 2.20 bits per heavy atom. The highest BCUT2D eigenvalue weighted by atomic mass is 32.2. The third-order valence-corrected chi connectivity index (χ3v) is 3.98. The third kappa shape index (κ3) is 3.39. The van der Waals surface area contributed by atoms with Gasteiger partial charge in [0.25, 0.3) is 0 Å². The number of imidazole rings is 1. The highest BCUT2D eigenvalue weighted by molar-refractivity contribution is 7.89. The van der Waals surface area contributed by atoms with E-state index in [0.29, 0.717) is 5.69 Å². The molecule has 2 aromatic heterocycles. The first-order valence-corrected chi connectivity index (χ1v) is 7.10. The molecule has 1 atom stereocenters. The highest BCUT2D eigenvalue weighted by Gasteiger charge is 2.26. The van der Waals surface area contributed by atoms with Crippen LogP contribution in [0.2, 0.25) is 0 Å². The molecule has 0 radical (unpaired) electrons. The van der Waals surface area contributed by atoms with Crippen molar-refractivity contribution < 1.29 is 18.3 Å². The number of nitrogens with zero attached hydrogens (tertiary/aromatic N) is 2. The number of aromatic nitrogens is 3. The maximum atomic E-state index is 12.0. The van der Waals surface area contributed by atoms with Gasteiger partial charge in [-0.15, -0.1) is 0 Å². The van der Waals surface area contributed by atoms with Gasteiger partial charge in [0.2, 0.25) is 10.0 Å². The number of rotatable bonds is 6. The summed E-state index contributed by atoms with van der Waals surface area (Å²) in [6.45, 7) is 0. The molecule has 9 heteroatoms. The van der Waals surface area contributed by atoms with Crippen molar-refractivity contribution in [1.29, 1.82) is 0 Å². The molecule has 0 bridgehead atoms. The summed E-state index contributed by atoms with van der Waals surface area (Å²) in [6.07, 6.45) is 5.38. The zero-order valence-corrected chi connectivity index (χ0v) is 11.0. The molecule has 0 fully saturated rings. The maximum Gasteiger partial charge on any atom is 0.322 e. The molecule has 0 aliphatic rings. The molecule has 0 amide bonds. The molecule has 0 unspecified atom stereocenters. The lowest BCUT2D eigenvalue weighted by atomic mass is 10.2. The van der Waals surface area contributed by atoms with E-state index in [1.807, 2.05) is 0 Å². The molecule has 3 N–H and O–H groups in total. The molecule has 106 valence electrons. The first-order valence-electron chi connectivity index (χ1n) is 5.61. The smallest absolute Gasteiger partial charge is 0.322 e. The van der Waals surface area contributed by atoms with Crippen molar-refractivity contribution in [2.75, 3.05) is 0 Å². The van der Waals surface area contributed by atoms with Crippen molar-refractivity contribution in [2.45, 2.75) is 17.4 Å². The van der Waals surface area contributed by atoms with Crippen LogP contribution < -0.4 is 4.72 Å². The van der Waals surface area contributed by atoms with Gasteiger partial charge in [0.15, 0.2) is 0 Å². The quantitative estimate of drug-likeness (QED) is 0.676. The zero-order valence-electron chi connectivity index (χ0n) is 10.2. The Morgan fingerprint density at radius 3 is 2.75 bits per heavy atom. The summed E-state index contributed by atoms with van der Waals surface area (Å²) in [5, 5.41) is 9.11. The molecular weight excluding hydrogens is 284 g/mol. The van der Waals surface area contributed by atoms with E-state index in [4.69, 9.17) is 5.11 Å². The van der Waals surface area contributed by atoms with Gasteiger partial charge in [0.05, 0.1) is 6.33 Å². The lowest BCUT2D eigenvalue weighted by Crippen LogP contribution is -2.42. The molecule has 0 aliphatic carbocycles. The average molecular weight is 296 g/mol. The molecule has 0 saturated heterocycles. The summed E-state index contributed by atoms with van der Waals surface area (Å²) < 4.78 is 26.2. The Morgan fingerprint density at radius 1 is 1.40 bits per heavy atom. The first-order chi connectivity index (χ1) is 9.49. The van der Waals surface area contributed by atoms with E-state index in [9.17, 15) is 13.2 Å². The van der Waals surface area contributed by atoms with Gasteiger partial charge in [-0.05, 0) is 12.1 Å². The molecule has 0 aromatic carbocycles. The number of pyridine rings is 1. The third-order valence-electron chi connectivity index (χ3n) is 2.52. The van der Waals surface area contributed by atoms with Crippen molar-refractivity contribution in [3.05, 3.63) is 42.7 Å². The van der Waals surface area contributed by atoms with Gasteiger partial charge in [0.1, 0.15) is 10.9 Å². The van der Waals surface area contributed by atoms with Gasteiger partial charge in [-0.2, -0.15) is 4.72 Å². The van der Waals surface area contributed by atoms with Gasteiger partial charge in [0, 0.05) is 30.7 Å². The van der Waals surface area contributed by atoms with E-state index >= 15 is 0 Å². The van der Waals surface area contributed by atoms with Crippen LogP contribution in [-0.2, 0) is 21.2 Å². The van der Waals surface area contributed by atoms with Crippen molar-refractivity contribution >= 4 is 16.0 Å². The van der Waals surface area contributed by atoms with E-state index in [2.05, 4.69) is 19.7 Å². The minimum absolute atomic E-state index is 0.0329. The van der Waals surface area contributed by atoms with E-state index in [0.717, 1.165) is 6.20 Å². The number of carboxylic acids is 1. The van der Waals surface area contributed by atoms with Gasteiger partial charge < -0.3 is 10.1 Å². The molecule has 20 heavy (non-hydrogen) atoms. The number of aliphatic carboxylic acids is 1. The number of hydrogen-bond donors (Lipinski definition) is 3. The van der Waals surface area contributed by atoms with Crippen molar-refractivity contribution in [3.8, 4) is 0 Å². The van der Waals surface area contributed by atoms with Crippen molar-refractivity contribution in [1.82, 2.24) is 19.7 Å². The van der Waals surface area contributed by atoms with Crippen molar-refractivity contribution in [2.24, 2.45) is 0 Å².